The lowest BCUT2D eigenvalue weighted by atomic mass is 9.83. The Bertz CT molecular complexity index is 4320. The molecule has 10 aromatic carbocycles. The van der Waals surface area contributed by atoms with Crippen molar-refractivity contribution in [2.45, 2.75) is 12.0 Å². The van der Waals surface area contributed by atoms with Crippen LogP contribution in [-0.2, 0) is 0 Å². The number of nitrogens with zero attached hydrogens (tertiary/aromatic N) is 2. The Balaban J connectivity index is 0.921. The van der Waals surface area contributed by atoms with Gasteiger partial charge in [0.2, 0.25) is 0 Å². The Kier molecular flexibility index (Phi) is 8.45. The van der Waals surface area contributed by atoms with Crippen molar-refractivity contribution in [2.24, 2.45) is 0 Å². The van der Waals surface area contributed by atoms with Crippen LogP contribution in [0.15, 0.2) is 252 Å². The fourth-order valence-corrected chi connectivity index (χ4v) is 11.8. The smallest absolute Gasteiger partial charge is 0.135 e. The number of para-hydroxylation sites is 2. The predicted octanol–water partition coefficient (Wildman–Crippen LogP) is 17.8. The van der Waals surface area contributed by atoms with E-state index in [4.69, 9.17) is 8.83 Å². The molecule has 328 valence electrons. The van der Waals surface area contributed by atoms with Gasteiger partial charge in [-0.15, -0.1) is 0 Å². The molecule has 4 nitrogen and oxygen atoms in total. The number of anilines is 2. The van der Waals surface area contributed by atoms with Crippen molar-refractivity contribution in [1.29, 1.82) is 0 Å². The molecule has 70 heavy (non-hydrogen) atoms. The molecule has 0 saturated heterocycles. The van der Waals surface area contributed by atoms with Gasteiger partial charge in [-0.3, -0.25) is 0 Å². The molecule has 3 aromatic heterocycles. The fourth-order valence-electron chi connectivity index (χ4n) is 11.8. The highest BCUT2D eigenvalue weighted by atomic mass is 16.3. The quantitative estimate of drug-likeness (QED) is 0.167. The molecule has 0 spiro atoms. The molecule has 1 aliphatic carbocycles. The Labute approximate surface area is 403 Å². The topological polar surface area (TPSA) is 34.5 Å². The second kappa shape index (κ2) is 15.2. The van der Waals surface area contributed by atoms with Gasteiger partial charge in [0, 0.05) is 55.3 Å². The second-order valence-electron chi connectivity index (χ2n) is 18.7. The lowest BCUT2D eigenvalue weighted by Gasteiger charge is -2.30. The largest absolute Gasteiger partial charge is 0.456 e. The SMILES string of the molecule is C1=CC2C(C=C1c1ccccc1)c1c(-c3cccc(-c4cccc5c4c4cc(-c6ccccc6)ccc4n5-c4ccc5oc6ccccc6c5c4)c3)cccc1N2c1ccc2oc3ccccc3c2c1. The summed E-state index contributed by atoms with van der Waals surface area (Å²) in [5.74, 6) is 0.106. The zero-order valence-corrected chi connectivity index (χ0v) is 38.0. The molecule has 0 fully saturated rings. The van der Waals surface area contributed by atoms with Crippen LogP contribution in [0.1, 0.15) is 17.0 Å². The van der Waals surface area contributed by atoms with Crippen molar-refractivity contribution in [1.82, 2.24) is 4.57 Å². The maximum atomic E-state index is 6.31. The monoisotopic (exact) mass is 894 g/mol. The molecule has 13 aromatic rings. The van der Waals surface area contributed by atoms with Crippen LogP contribution >= 0.6 is 0 Å². The zero-order valence-electron chi connectivity index (χ0n) is 38.0. The van der Waals surface area contributed by atoms with E-state index in [2.05, 4.69) is 234 Å². The van der Waals surface area contributed by atoms with Gasteiger partial charge in [0.1, 0.15) is 22.3 Å². The first-order valence-electron chi connectivity index (χ1n) is 24.1. The summed E-state index contributed by atoms with van der Waals surface area (Å²) in [6.07, 6.45) is 7.23. The van der Waals surface area contributed by atoms with E-state index >= 15 is 0 Å². The molecule has 4 heteroatoms. The summed E-state index contributed by atoms with van der Waals surface area (Å²) in [7, 11) is 0. The second-order valence-corrected chi connectivity index (χ2v) is 18.7. The minimum absolute atomic E-state index is 0.0837. The number of hydrogen-bond donors (Lipinski definition) is 0. The van der Waals surface area contributed by atoms with Crippen LogP contribution in [0.4, 0.5) is 11.4 Å². The first-order chi connectivity index (χ1) is 34.7. The van der Waals surface area contributed by atoms with Crippen LogP contribution in [0.5, 0.6) is 0 Å². The van der Waals surface area contributed by atoms with E-state index in [9.17, 15) is 0 Å². The minimum atomic E-state index is 0.0837. The molecular formula is C66H42N2O2. The molecule has 1 aliphatic heterocycles. The van der Waals surface area contributed by atoms with Gasteiger partial charge < -0.3 is 18.3 Å². The van der Waals surface area contributed by atoms with Crippen molar-refractivity contribution in [3.8, 4) is 39.1 Å². The van der Waals surface area contributed by atoms with E-state index in [-0.39, 0.29) is 12.0 Å². The summed E-state index contributed by atoms with van der Waals surface area (Å²) in [5.41, 5.74) is 20.4. The zero-order chi connectivity index (χ0) is 45.9. The van der Waals surface area contributed by atoms with Crippen LogP contribution in [-0.4, -0.2) is 10.6 Å². The molecule has 0 amide bonds. The number of hydrogen-bond acceptors (Lipinski definition) is 3. The number of fused-ring (bicyclic) bond motifs is 12. The molecular weight excluding hydrogens is 853 g/mol. The van der Waals surface area contributed by atoms with E-state index < -0.39 is 0 Å². The average Bonchev–Trinajstić information content (AvgIpc) is 4.18. The molecule has 0 saturated carbocycles. The van der Waals surface area contributed by atoms with Crippen LogP contribution in [0.25, 0.3) is 110 Å². The highest BCUT2D eigenvalue weighted by Crippen LogP contribution is 2.53. The molecule has 2 atom stereocenters. The highest BCUT2D eigenvalue weighted by Gasteiger charge is 2.40. The number of allylic oxidation sites excluding steroid dienone is 2. The molecule has 0 radical (unpaired) electrons. The van der Waals surface area contributed by atoms with Crippen LogP contribution in [0.2, 0.25) is 0 Å². The van der Waals surface area contributed by atoms with Gasteiger partial charge in [0.25, 0.3) is 0 Å². The first kappa shape index (κ1) is 38.9. The Hall–Kier alpha value is -9.12. The normalized spacial score (nSPS) is 15.4. The maximum Gasteiger partial charge on any atom is 0.135 e. The van der Waals surface area contributed by atoms with Crippen LogP contribution in [0.3, 0.4) is 0 Å². The summed E-state index contributed by atoms with van der Waals surface area (Å²) in [6.45, 7) is 0. The summed E-state index contributed by atoms with van der Waals surface area (Å²) >= 11 is 0. The summed E-state index contributed by atoms with van der Waals surface area (Å²) < 4.78 is 15.1. The standard InChI is InChI=1S/C66H42N2O2/c1-3-14-41(15-4-1)43-28-32-57-55(37-43)65-49(22-12-24-59(65)67(57)47-30-34-63-53(39-47)51-20-7-9-26-61(51)69-63)45-18-11-19-46(36-45)50-23-13-25-60-66(50)56-38-44(42-16-5-2-6-17-42)29-33-58(56)68(60)48-31-35-64-54(40-48)52-21-8-10-27-62(52)70-64/h1-40,55,57H. The van der Waals surface area contributed by atoms with Gasteiger partial charge in [-0.2, -0.15) is 0 Å². The van der Waals surface area contributed by atoms with Crippen molar-refractivity contribution in [3.63, 3.8) is 0 Å². The summed E-state index contributed by atoms with van der Waals surface area (Å²) in [5, 5.41) is 6.93. The molecule has 2 aliphatic rings. The highest BCUT2D eigenvalue weighted by molar-refractivity contribution is 6.17. The van der Waals surface area contributed by atoms with Gasteiger partial charge in [0.15, 0.2) is 0 Å². The lowest BCUT2D eigenvalue weighted by molar-refractivity contribution is 0.668. The number of furan rings is 2. The Morgan fingerprint density at radius 1 is 0.371 bits per heavy atom. The molecule has 0 N–H and O–H groups in total. The van der Waals surface area contributed by atoms with Gasteiger partial charge in [-0.05, 0) is 129 Å². The van der Waals surface area contributed by atoms with E-state index in [0.29, 0.717) is 0 Å². The summed E-state index contributed by atoms with van der Waals surface area (Å²) in [4.78, 5) is 2.55. The Morgan fingerprint density at radius 2 is 0.971 bits per heavy atom. The van der Waals surface area contributed by atoms with E-state index in [1.54, 1.807) is 0 Å². The molecule has 4 heterocycles. The van der Waals surface area contributed by atoms with Gasteiger partial charge in [-0.1, -0.05) is 164 Å². The average molecular weight is 895 g/mol. The lowest BCUT2D eigenvalue weighted by Crippen LogP contribution is -2.28. The van der Waals surface area contributed by atoms with Crippen molar-refractivity contribution in [3.05, 3.63) is 254 Å². The number of benzene rings is 10. The predicted molar refractivity (Wildman–Crippen MR) is 290 cm³/mol. The fraction of sp³-hybridized carbons (Fsp3) is 0.0303. The van der Waals surface area contributed by atoms with Crippen molar-refractivity contribution >= 4 is 82.6 Å². The van der Waals surface area contributed by atoms with Gasteiger partial charge in [0.05, 0.1) is 17.1 Å². The maximum absolute atomic E-state index is 6.31. The van der Waals surface area contributed by atoms with E-state index in [1.165, 1.54) is 66.5 Å². The van der Waals surface area contributed by atoms with Crippen LogP contribution in [0, 0.1) is 0 Å². The van der Waals surface area contributed by atoms with Gasteiger partial charge >= 0.3 is 0 Å². The van der Waals surface area contributed by atoms with Crippen molar-refractivity contribution in [2.75, 3.05) is 4.90 Å². The van der Waals surface area contributed by atoms with Crippen LogP contribution < -0.4 is 4.90 Å². The Morgan fingerprint density at radius 3 is 1.73 bits per heavy atom. The minimum Gasteiger partial charge on any atom is -0.456 e. The van der Waals surface area contributed by atoms with E-state index in [0.717, 1.165) is 66.3 Å². The number of aromatic nitrogens is 1. The molecule has 0 bridgehead atoms. The van der Waals surface area contributed by atoms with Gasteiger partial charge in [-0.25, -0.2) is 0 Å². The number of rotatable bonds is 6. The molecule has 2 unspecified atom stereocenters. The molecule has 15 rings (SSSR count). The van der Waals surface area contributed by atoms with E-state index in [1.807, 2.05) is 18.2 Å². The third-order valence-corrected chi connectivity index (χ3v) is 14.9. The first-order valence-corrected chi connectivity index (χ1v) is 24.1. The van der Waals surface area contributed by atoms with Crippen molar-refractivity contribution < 1.29 is 8.83 Å². The third kappa shape index (κ3) is 5.90. The third-order valence-electron chi connectivity index (χ3n) is 14.9. The summed E-state index contributed by atoms with van der Waals surface area (Å²) in [6, 6.07) is 81.4.